The Kier molecular flexibility index (Phi) is 3.31. The number of hydrogen-bond donors (Lipinski definition) is 1. The minimum Gasteiger partial charge on any atom is -0.376 e. The lowest BCUT2D eigenvalue weighted by atomic mass is 10.2. The third-order valence-electron chi connectivity index (χ3n) is 2.33. The summed E-state index contributed by atoms with van der Waals surface area (Å²) in [5.74, 6) is 0.908. The average molecular weight is 253 g/mol. The maximum Gasteiger partial charge on any atom is 0.240 e. The Morgan fingerprint density at radius 2 is 2.18 bits per heavy atom. The molecule has 17 heavy (non-hydrogen) atoms. The lowest BCUT2D eigenvalue weighted by Crippen LogP contribution is -2.08. The molecule has 1 aromatic carbocycles. The second-order valence-corrected chi connectivity index (χ2v) is 4.18. The van der Waals surface area contributed by atoms with Gasteiger partial charge < -0.3 is 15.2 Å². The SMILES string of the molecule is CN(C)c1ccc(-c2noc(CN)n2)cc1Cl. The number of benzene rings is 1. The number of rotatable bonds is 3. The molecule has 0 saturated heterocycles. The molecule has 1 aromatic heterocycles. The predicted molar refractivity (Wildman–Crippen MR) is 67.0 cm³/mol. The highest BCUT2D eigenvalue weighted by atomic mass is 35.5. The summed E-state index contributed by atoms with van der Waals surface area (Å²) in [5, 5.41) is 4.48. The van der Waals surface area contributed by atoms with Gasteiger partial charge in [0, 0.05) is 19.7 Å². The lowest BCUT2D eigenvalue weighted by Gasteiger charge is -2.14. The van der Waals surface area contributed by atoms with Crippen LogP contribution in [-0.4, -0.2) is 24.2 Å². The summed E-state index contributed by atoms with van der Waals surface area (Å²) in [4.78, 5) is 6.08. The van der Waals surface area contributed by atoms with Crippen LogP contribution in [0, 0.1) is 0 Å². The molecule has 0 spiro atoms. The van der Waals surface area contributed by atoms with Crippen molar-refractivity contribution in [3.05, 3.63) is 29.1 Å². The zero-order chi connectivity index (χ0) is 12.4. The molecule has 0 unspecified atom stereocenters. The number of hydrogen-bond acceptors (Lipinski definition) is 5. The first-order valence-corrected chi connectivity index (χ1v) is 5.49. The smallest absolute Gasteiger partial charge is 0.240 e. The summed E-state index contributed by atoms with van der Waals surface area (Å²) in [6.07, 6.45) is 0. The molecule has 0 atom stereocenters. The zero-order valence-electron chi connectivity index (χ0n) is 9.64. The van der Waals surface area contributed by atoms with E-state index in [9.17, 15) is 0 Å². The first kappa shape index (κ1) is 11.9. The number of nitrogens with two attached hydrogens (primary N) is 1. The maximum atomic E-state index is 6.16. The first-order valence-electron chi connectivity index (χ1n) is 5.11. The van der Waals surface area contributed by atoms with Gasteiger partial charge in [-0.3, -0.25) is 0 Å². The Balaban J connectivity index is 2.37. The average Bonchev–Trinajstić information content (AvgIpc) is 2.76. The van der Waals surface area contributed by atoms with Gasteiger partial charge >= 0.3 is 0 Å². The van der Waals surface area contributed by atoms with Gasteiger partial charge in [-0.2, -0.15) is 4.98 Å². The molecule has 2 rings (SSSR count). The quantitative estimate of drug-likeness (QED) is 0.904. The van der Waals surface area contributed by atoms with Crippen LogP contribution in [-0.2, 0) is 6.54 Å². The van der Waals surface area contributed by atoms with Crippen molar-refractivity contribution in [3.8, 4) is 11.4 Å². The van der Waals surface area contributed by atoms with Crippen LogP contribution in [0.3, 0.4) is 0 Å². The zero-order valence-corrected chi connectivity index (χ0v) is 10.4. The summed E-state index contributed by atoms with van der Waals surface area (Å²) in [5.41, 5.74) is 7.16. The van der Waals surface area contributed by atoms with Gasteiger partial charge in [-0.15, -0.1) is 0 Å². The van der Waals surface area contributed by atoms with Gasteiger partial charge in [-0.25, -0.2) is 0 Å². The van der Waals surface area contributed by atoms with E-state index < -0.39 is 0 Å². The van der Waals surface area contributed by atoms with Crippen molar-refractivity contribution in [3.63, 3.8) is 0 Å². The second kappa shape index (κ2) is 4.73. The number of halogens is 1. The van der Waals surface area contributed by atoms with E-state index in [0.717, 1.165) is 11.3 Å². The van der Waals surface area contributed by atoms with Crippen molar-refractivity contribution in [1.82, 2.24) is 10.1 Å². The van der Waals surface area contributed by atoms with Crippen LogP contribution in [0.2, 0.25) is 5.02 Å². The molecule has 0 bridgehead atoms. The molecule has 0 amide bonds. The van der Waals surface area contributed by atoms with Crippen LogP contribution in [0.25, 0.3) is 11.4 Å². The molecule has 5 nitrogen and oxygen atoms in total. The fraction of sp³-hybridized carbons (Fsp3) is 0.273. The van der Waals surface area contributed by atoms with Crippen molar-refractivity contribution >= 4 is 17.3 Å². The van der Waals surface area contributed by atoms with Crippen LogP contribution in [0.5, 0.6) is 0 Å². The van der Waals surface area contributed by atoms with Crippen LogP contribution in [0.15, 0.2) is 22.7 Å². The van der Waals surface area contributed by atoms with Crippen molar-refractivity contribution < 1.29 is 4.52 Å². The van der Waals surface area contributed by atoms with Gasteiger partial charge in [-0.1, -0.05) is 16.8 Å². The number of nitrogens with zero attached hydrogens (tertiary/aromatic N) is 3. The fourth-order valence-corrected chi connectivity index (χ4v) is 1.81. The number of aromatic nitrogens is 2. The first-order chi connectivity index (χ1) is 8.11. The fourth-order valence-electron chi connectivity index (χ4n) is 1.46. The molecular formula is C11H13ClN4O. The molecule has 1 heterocycles. The monoisotopic (exact) mass is 252 g/mol. The molecule has 0 fully saturated rings. The van der Waals surface area contributed by atoms with Gasteiger partial charge in [-0.05, 0) is 18.2 Å². The summed E-state index contributed by atoms with van der Waals surface area (Å²) < 4.78 is 4.95. The molecule has 2 aromatic rings. The third-order valence-corrected chi connectivity index (χ3v) is 2.63. The van der Waals surface area contributed by atoms with Crippen molar-refractivity contribution in [2.75, 3.05) is 19.0 Å². The highest BCUT2D eigenvalue weighted by molar-refractivity contribution is 6.33. The Bertz CT molecular complexity index is 524. The highest BCUT2D eigenvalue weighted by Crippen LogP contribution is 2.28. The Morgan fingerprint density at radius 1 is 1.41 bits per heavy atom. The van der Waals surface area contributed by atoms with E-state index in [1.165, 1.54) is 0 Å². The van der Waals surface area contributed by atoms with E-state index in [1.807, 2.05) is 37.2 Å². The van der Waals surface area contributed by atoms with Crippen LogP contribution >= 0.6 is 11.6 Å². The van der Waals surface area contributed by atoms with E-state index in [1.54, 1.807) is 0 Å². The van der Waals surface area contributed by atoms with Gasteiger partial charge in [0.15, 0.2) is 0 Å². The topological polar surface area (TPSA) is 68.2 Å². The summed E-state index contributed by atoms with van der Waals surface area (Å²) in [6, 6.07) is 5.62. The van der Waals surface area contributed by atoms with E-state index in [-0.39, 0.29) is 6.54 Å². The van der Waals surface area contributed by atoms with Crippen molar-refractivity contribution in [2.45, 2.75) is 6.54 Å². The third kappa shape index (κ3) is 2.40. The van der Waals surface area contributed by atoms with Gasteiger partial charge in [0.2, 0.25) is 11.7 Å². The summed E-state index contributed by atoms with van der Waals surface area (Å²) in [6.45, 7) is 0.233. The molecule has 90 valence electrons. The normalized spacial score (nSPS) is 10.6. The van der Waals surface area contributed by atoms with E-state index >= 15 is 0 Å². The Labute approximate surface area is 104 Å². The highest BCUT2D eigenvalue weighted by Gasteiger charge is 2.10. The van der Waals surface area contributed by atoms with Gasteiger partial charge in [0.25, 0.3) is 0 Å². The summed E-state index contributed by atoms with van der Waals surface area (Å²) in [7, 11) is 3.86. The Morgan fingerprint density at radius 3 is 2.71 bits per heavy atom. The van der Waals surface area contributed by atoms with E-state index in [2.05, 4.69) is 10.1 Å². The molecule has 0 aliphatic carbocycles. The minimum absolute atomic E-state index is 0.233. The van der Waals surface area contributed by atoms with E-state index in [0.29, 0.717) is 16.7 Å². The molecular weight excluding hydrogens is 240 g/mol. The van der Waals surface area contributed by atoms with Crippen LogP contribution in [0.4, 0.5) is 5.69 Å². The lowest BCUT2D eigenvalue weighted by molar-refractivity contribution is 0.380. The minimum atomic E-state index is 0.233. The van der Waals surface area contributed by atoms with Crippen LogP contribution < -0.4 is 10.6 Å². The molecule has 2 N–H and O–H groups in total. The van der Waals surface area contributed by atoms with Gasteiger partial charge in [0.1, 0.15) is 0 Å². The molecule has 6 heteroatoms. The summed E-state index contributed by atoms with van der Waals surface area (Å²) >= 11 is 6.16. The second-order valence-electron chi connectivity index (χ2n) is 3.78. The standard InChI is InChI=1S/C11H13ClN4O/c1-16(2)9-4-3-7(5-8(9)12)11-14-10(6-13)17-15-11/h3-5H,6,13H2,1-2H3. The number of anilines is 1. The van der Waals surface area contributed by atoms with Gasteiger partial charge in [0.05, 0.1) is 17.3 Å². The predicted octanol–water partition coefficient (Wildman–Crippen LogP) is 1.91. The van der Waals surface area contributed by atoms with Crippen LogP contribution in [0.1, 0.15) is 5.89 Å². The molecule has 0 radical (unpaired) electrons. The Hall–Kier alpha value is -1.59. The van der Waals surface area contributed by atoms with Crippen molar-refractivity contribution in [2.24, 2.45) is 5.73 Å². The van der Waals surface area contributed by atoms with E-state index in [4.69, 9.17) is 21.9 Å². The molecule has 0 saturated carbocycles. The van der Waals surface area contributed by atoms with Crippen molar-refractivity contribution in [1.29, 1.82) is 0 Å². The molecule has 0 aliphatic rings. The maximum absolute atomic E-state index is 6.16. The largest absolute Gasteiger partial charge is 0.376 e. The molecule has 0 aliphatic heterocycles.